The van der Waals surface area contributed by atoms with Crippen LogP contribution in [-0.2, 0) is 6.54 Å². The second-order valence-electron chi connectivity index (χ2n) is 4.36. The monoisotopic (exact) mass is 270 g/mol. The molecule has 0 atom stereocenters. The van der Waals surface area contributed by atoms with Gasteiger partial charge >= 0.3 is 5.69 Å². The van der Waals surface area contributed by atoms with E-state index in [1.807, 2.05) is 13.8 Å². The molecule has 0 spiro atoms. The van der Waals surface area contributed by atoms with Crippen LogP contribution in [0.2, 0.25) is 0 Å². The maximum absolute atomic E-state index is 11.9. The first-order valence-corrected chi connectivity index (χ1v) is 6.55. The number of aromatic amines is 1. The van der Waals surface area contributed by atoms with Crippen LogP contribution in [-0.4, -0.2) is 34.4 Å². The van der Waals surface area contributed by atoms with Gasteiger partial charge in [0.25, 0.3) is 5.56 Å². The number of hydrogen-bond donors (Lipinski definition) is 3. The van der Waals surface area contributed by atoms with Crippen molar-refractivity contribution in [1.29, 1.82) is 0 Å². The zero-order valence-corrected chi connectivity index (χ0v) is 11.5. The highest BCUT2D eigenvalue weighted by atomic mass is 16.3. The summed E-state index contributed by atoms with van der Waals surface area (Å²) in [5, 5.41) is 9.07. The first-order chi connectivity index (χ1) is 9.06. The minimum Gasteiger partial charge on any atom is -0.395 e. The topological polar surface area (TPSA) is 104 Å². The van der Waals surface area contributed by atoms with E-state index >= 15 is 0 Å². The lowest BCUT2D eigenvalue weighted by Gasteiger charge is -2.24. The van der Waals surface area contributed by atoms with E-state index in [9.17, 15) is 9.59 Å². The minimum absolute atomic E-state index is 0.0776. The normalized spacial score (nSPS) is 10.7. The third-order valence-corrected chi connectivity index (χ3v) is 2.84. The van der Waals surface area contributed by atoms with E-state index in [2.05, 4.69) is 4.98 Å². The van der Waals surface area contributed by atoms with Gasteiger partial charge in [-0.3, -0.25) is 14.3 Å². The van der Waals surface area contributed by atoms with Crippen molar-refractivity contribution >= 4 is 11.5 Å². The van der Waals surface area contributed by atoms with Crippen molar-refractivity contribution in [1.82, 2.24) is 9.55 Å². The Bertz CT molecular complexity index is 515. The van der Waals surface area contributed by atoms with Gasteiger partial charge in [0.05, 0.1) is 6.61 Å². The number of aromatic nitrogens is 2. The van der Waals surface area contributed by atoms with Gasteiger partial charge < -0.3 is 15.7 Å². The van der Waals surface area contributed by atoms with Gasteiger partial charge in [0, 0.05) is 19.6 Å². The molecular formula is C12H22N4O3. The van der Waals surface area contributed by atoms with Gasteiger partial charge in [-0.1, -0.05) is 13.8 Å². The number of nitrogens with two attached hydrogens (primary N) is 1. The van der Waals surface area contributed by atoms with Crippen LogP contribution in [0.3, 0.4) is 0 Å². The Morgan fingerprint density at radius 3 is 2.47 bits per heavy atom. The van der Waals surface area contributed by atoms with Crippen LogP contribution in [0.5, 0.6) is 0 Å². The van der Waals surface area contributed by atoms with Crippen molar-refractivity contribution in [2.24, 2.45) is 0 Å². The van der Waals surface area contributed by atoms with Crippen molar-refractivity contribution in [2.75, 3.05) is 30.3 Å². The van der Waals surface area contributed by atoms with Crippen LogP contribution in [0.15, 0.2) is 9.59 Å². The number of anilines is 2. The van der Waals surface area contributed by atoms with Crippen LogP contribution in [0, 0.1) is 0 Å². The average Bonchev–Trinajstić information content (AvgIpc) is 2.34. The highest BCUT2D eigenvalue weighted by Crippen LogP contribution is 2.16. The summed E-state index contributed by atoms with van der Waals surface area (Å²) in [6.45, 7) is 5.17. The number of hydrogen-bond acceptors (Lipinski definition) is 5. The first kappa shape index (κ1) is 15.3. The SMILES string of the molecule is CCCN(CCO)c1c(N)n(CCC)c(=O)[nH]c1=O. The molecular weight excluding hydrogens is 248 g/mol. The summed E-state index contributed by atoms with van der Waals surface area (Å²) in [5.74, 6) is 0.164. The van der Waals surface area contributed by atoms with Crippen molar-refractivity contribution in [3.63, 3.8) is 0 Å². The lowest BCUT2D eigenvalue weighted by Crippen LogP contribution is -2.39. The predicted octanol–water partition coefficient (Wildman–Crippen LogP) is -0.262. The molecule has 1 rings (SSSR count). The summed E-state index contributed by atoms with van der Waals surface area (Å²) < 4.78 is 1.36. The molecule has 1 aromatic heterocycles. The third-order valence-electron chi connectivity index (χ3n) is 2.84. The van der Waals surface area contributed by atoms with E-state index in [1.54, 1.807) is 4.90 Å². The summed E-state index contributed by atoms with van der Waals surface area (Å²) in [6, 6.07) is 0. The Labute approximate surface area is 111 Å². The van der Waals surface area contributed by atoms with Gasteiger partial charge in [0.15, 0.2) is 0 Å². The Hall–Kier alpha value is -1.76. The van der Waals surface area contributed by atoms with E-state index < -0.39 is 11.2 Å². The Morgan fingerprint density at radius 2 is 1.95 bits per heavy atom. The lowest BCUT2D eigenvalue weighted by atomic mass is 10.3. The van der Waals surface area contributed by atoms with Crippen LogP contribution in [0.1, 0.15) is 26.7 Å². The summed E-state index contributed by atoms with van der Waals surface area (Å²) in [4.78, 5) is 27.6. The standard InChI is InChI=1S/C12H22N4O3/c1-3-5-15(7-8-17)9-10(13)16(6-4-2)12(19)14-11(9)18/h17H,3-8,13H2,1-2H3,(H,14,18,19). The molecule has 0 saturated heterocycles. The molecule has 0 bridgehead atoms. The van der Waals surface area contributed by atoms with E-state index in [1.165, 1.54) is 4.57 Å². The van der Waals surface area contributed by atoms with Crippen molar-refractivity contribution in [3.05, 3.63) is 20.8 Å². The molecule has 0 aliphatic heterocycles. The van der Waals surface area contributed by atoms with Crippen molar-refractivity contribution in [2.45, 2.75) is 33.2 Å². The smallest absolute Gasteiger partial charge is 0.330 e. The molecule has 7 heteroatoms. The lowest BCUT2D eigenvalue weighted by molar-refractivity contribution is 0.301. The number of aliphatic hydroxyl groups excluding tert-OH is 1. The first-order valence-electron chi connectivity index (χ1n) is 6.55. The molecule has 0 aromatic carbocycles. The van der Waals surface area contributed by atoms with E-state index in [4.69, 9.17) is 10.8 Å². The Kier molecular flexibility index (Phi) is 5.62. The maximum atomic E-state index is 11.9. The predicted molar refractivity (Wildman–Crippen MR) is 75.6 cm³/mol. The zero-order valence-electron chi connectivity index (χ0n) is 11.5. The number of nitrogens with one attached hydrogen (secondary N) is 1. The fourth-order valence-electron chi connectivity index (χ4n) is 2.05. The highest BCUT2D eigenvalue weighted by Gasteiger charge is 2.17. The summed E-state index contributed by atoms with van der Waals surface area (Å²) in [5.41, 5.74) is 5.22. The Morgan fingerprint density at radius 1 is 1.26 bits per heavy atom. The quantitative estimate of drug-likeness (QED) is 0.633. The number of nitrogen functional groups attached to an aromatic ring is 1. The van der Waals surface area contributed by atoms with Gasteiger partial charge in [-0.15, -0.1) is 0 Å². The second-order valence-corrected chi connectivity index (χ2v) is 4.36. The molecule has 0 aliphatic carbocycles. The third kappa shape index (κ3) is 3.37. The molecule has 19 heavy (non-hydrogen) atoms. The number of aliphatic hydroxyl groups is 1. The maximum Gasteiger partial charge on any atom is 0.330 e. The molecule has 0 amide bonds. The molecule has 0 fully saturated rings. The highest BCUT2D eigenvalue weighted by molar-refractivity contribution is 5.62. The van der Waals surface area contributed by atoms with Gasteiger partial charge in [0.1, 0.15) is 11.5 Å². The van der Waals surface area contributed by atoms with Crippen LogP contribution >= 0.6 is 0 Å². The molecule has 7 nitrogen and oxygen atoms in total. The zero-order chi connectivity index (χ0) is 14.4. The van der Waals surface area contributed by atoms with E-state index in [-0.39, 0.29) is 18.1 Å². The molecule has 1 heterocycles. The molecule has 1 aromatic rings. The van der Waals surface area contributed by atoms with Crippen LogP contribution < -0.4 is 21.9 Å². The number of rotatable bonds is 7. The van der Waals surface area contributed by atoms with E-state index in [0.717, 1.165) is 12.8 Å². The fraction of sp³-hybridized carbons (Fsp3) is 0.667. The summed E-state index contributed by atoms with van der Waals surface area (Å²) in [7, 11) is 0. The summed E-state index contributed by atoms with van der Waals surface area (Å²) >= 11 is 0. The largest absolute Gasteiger partial charge is 0.395 e. The van der Waals surface area contributed by atoms with Gasteiger partial charge in [-0.05, 0) is 12.8 Å². The van der Waals surface area contributed by atoms with Crippen molar-refractivity contribution in [3.8, 4) is 0 Å². The van der Waals surface area contributed by atoms with Gasteiger partial charge in [-0.25, -0.2) is 4.79 Å². The van der Waals surface area contributed by atoms with Gasteiger partial charge in [0.2, 0.25) is 0 Å². The molecule has 0 radical (unpaired) electrons. The van der Waals surface area contributed by atoms with Crippen molar-refractivity contribution < 1.29 is 5.11 Å². The molecule has 0 unspecified atom stereocenters. The number of nitrogens with zero attached hydrogens (tertiary/aromatic N) is 2. The molecule has 4 N–H and O–H groups in total. The van der Waals surface area contributed by atoms with Gasteiger partial charge in [-0.2, -0.15) is 0 Å². The molecule has 108 valence electrons. The minimum atomic E-state index is -0.503. The fourth-order valence-corrected chi connectivity index (χ4v) is 2.05. The number of H-pyrrole nitrogens is 1. The van der Waals surface area contributed by atoms with E-state index in [0.29, 0.717) is 19.6 Å². The summed E-state index contributed by atoms with van der Waals surface area (Å²) in [6.07, 6.45) is 1.55. The second kappa shape index (κ2) is 6.98. The Balaban J connectivity index is 3.36. The average molecular weight is 270 g/mol. The van der Waals surface area contributed by atoms with Crippen LogP contribution in [0.25, 0.3) is 0 Å². The molecule has 0 saturated carbocycles. The van der Waals surface area contributed by atoms with Crippen LogP contribution in [0.4, 0.5) is 11.5 Å². The molecule has 0 aliphatic rings.